The molecule has 1 saturated heterocycles. The molecule has 1 aliphatic rings. The van der Waals surface area contributed by atoms with Crippen LogP contribution in [0, 0.1) is 0 Å². The Labute approximate surface area is 133 Å². The largest absolute Gasteiger partial charge is 0.467 e. The van der Waals surface area contributed by atoms with Crippen LogP contribution in [0.2, 0.25) is 0 Å². The molecule has 3 heterocycles. The fourth-order valence-electron chi connectivity index (χ4n) is 2.36. The fraction of sp³-hybridized carbons (Fsp3) is 0.333. The fourth-order valence-corrected chi connectivity index (χ4v) is 2.61. The van der Waals surface area contributed by atoms with Crippen molar-refractivity contribution >= 4 is 23.2 Å². The second-order valence-corrected chi connectivity index (χ2v) is 5.38. The number of hydrogen-bond acceptors (Lipinski definition) is 4. The smallest absolute Gasteiger partial charge is 0.289 e. The van der Waals surface area contributed by atoms with Gasteiger partial charge in [0, 0.05) is 26.2 Å². The van der Waals surface area contributed by atoms with Crippen LogP contribution in [0.25, 0.3) is 0 Å². The van der Waals surface area contributed by atoms with E-state index in [2.05, 4.69) is 10.2 Å². The summed E-state index contributed by atoms with van der Waals surface area (Å²) >= 11 is 5.38. The third-order valence-corrected chi connectivity index (χ3v) is 3.98. The number of piperazine rings is 1. The van der Waals surface area contributed by atoms with Crippen molar-refractivity contribution in [3.05, 3.63) is 48.3 Å². The highest BCUT2D eigenvalue weighted by molar-refractivity contribution is 7.80. The van der Waals surface area contributed by atoms with E-state index in [1.807, 2.05) is 12.1 Å². The number of nitrogens with one attached hydrogen (secondary N) is 1. The summed E-state index contributed by atoms with van der Waals surface area (Å²) in [4.78, 5) is 16.0. The van der Waals surface area contributed by atoms with Crippen LogP contribution in [-0.4, -0.2) is 47.0 Å². The van der Waals surface area contributed by atoms with Crippen LogP contribution >= 0.6 is 12.2 Å². The highest BCUT2D eigenvalue weighted by Gasteiger charge is 2.24. The lowest BCUT2D eigenvalue weighted by molar-refractivity contribution is 0.0659. The second-order valence-electron chi connectivity index (χ2n) is 4.99. The van der Waals surface area contributed by atoms with Gasteiger partial charge in [0.2, 0.25) is 0 Å². The Morgan fingerprint density at radius 2 is 1.77 bits per heavy atom. The van der Waals surface area contributed by atoms with E-state index < -0.39 is 0 Å². The van der Waals surface area contributed by atoms with Crippen LogP contribution in [0.1, 0.15) is 16.3 Å². The summed E-state index contributed by atoms with van der Waals surface area (Å²) < 4.78 is 10.4. The maximum absolute atomic E-state index is 12.2. The van der Waals surface area contributed by atoms with Gasteiger partial charge in [-0.25, -0.2) is 0 Å². The van der Waals surface area contributed by atoms with Crippen molar-refractivity contribution in [3.8, 4) is 0 Å². The Bertz CT molecular complexity index is 617. The SMILES string of the molecule is O=C(c1ccco1)N1CCN(C(=S)NCc2ccco2)CC1. The van der Waals surface area contributed by atoms with Gasteiger partial charge in [0.05, 0.1) is 19.1 Å². The third-order valence-electron chi connectivity index (χ3n) is 3.58. The predicted molar refractivity (Wildman–Crippen MR) is 84.3 cm³/mol. The molecule has 7 heteroatoms. The molecule has 0 radical (unpaired) electrons. The molecule has 1 amide bonds. The molecule has 2 aromatic heterocycles. The van der Waals surface area contributed by atoms with Gasteiger partial charge in [0.25, 0.3) is 5.91 Å². The first-order valence-corrected chi connectivity index (χ1v) is 7.53. The molecule has 0 atom stereocenters. The molecule has 1 fully saturated rings. The van der Waals surface area contributed by atoms with E-state index in [1.54, 1.807) is 23.3 Å². The summed E-state index contributed by atoms with van der Waals surface area (Å²) in [5, 5.41) is 3.85. The van der Waals surface area contributed by atoms with Crippen molar-refractivity contribution in [2.75, 3.05) is 26.2 Å². The number of carbonyl (C=O) groups excluding carboxylic acids is 1. The van der Waals surface area contributed by atoms with Crippen molar-refractivity contribution < 1.29 is 13.6 Å². The van der Waals surface area contributed by atoms with Gasteiger partial charge in [0.1, 0.15) is 5.76 Å². The lowest BCUT2D eigenvalue weighted by Gasteiger charge is -2.35. The highest BCUT2D eigenvalue weighted by Crippen LogP contribution is 2.10. The summed E-state index contributed by atoms with van der Waals surface area (Å²) in [6.07, 6.45) is 3.15. The van der Waals surface area contributed by atoms with Crippen LogP contribution in [0.5, 0.6) is 0 Å². The molecule has 6 nitrogen and oxygen atoms in total. The summed E-state index contributed by atoms with van der Waals surface area (Å²) in [6, 6.07) is 7.15. The van der Waals surface area contributed by atoms with E-state index in [0.29, 0.717) is 43.6 Å². The molecule has 1 N–H and O–H groups in total. The minimum Gasteiger partial charge on any atom is -0.467 e. The number of nitrogens with zero attached hydrogens (tertiary/aromatic N) is 2. The zero-order chi connectivity index (χ0) is 15.4. The molecule has 0 aromatic carbocycles. The molecule has 116 valence electrons. The molecule has 22 heavy (non-hydrogen) atoms. The van der Waals surface area contributed by atoms with Gasteiger partial charge in [-0.1, -0.05) is 0 Å². The molecular formula is C15H17N3O3S. The summed E-state index contributed by atoms with van der Waals surface area (Å²) in [7, 11) is 0. The first-order chi connectivity index (χ1) is 10.7. The lowest BCUT2D eigenvalue weighted by Crippen LogP contribution is -2.52. The van der Waals surface area contributed by atoms with Crippen molar-refractivity contribution in [1.29, 1.82) is 0 Å². The number of furan rings is 2. The Morgan fingerprint density at radius 3 is 2.41 bits per heavy atom. The van der Waals surface area contributed by atoms with E-state index in [0.717, 1.165) is 5.76 Å². The Kier molecular flexibility index (Phi) is 4.43. The maximum Gasteiger partial charge on any atom is 0.289 e. The zero-order valence-electron chi connectivity index (χ0n) is 12.0. The minimum atomic E-state index is -0.0703. The third kappa shape index (κ3) is 3.30. The lowest BCUT2D eigenvalue weighted by atomic mass is 10.3. The molecule has 0 bridgehead atoms. The summed E-state index contributed by atoms with van der Waals surface area (Å²) in [6.45, 7) is 3.23. The van der Waals surface area contributed by atoms with Crippen LogP contribution in [0.3, 0.4) is 0 Å². The van der Waals surface area contributed by atoms with Gasteiger partial charge in [-0.15, -0.1) is 0 Å². The molecule has 2 aromatic rings. The first kappa shape index (κ1) is 14.6. The average molecular weight is 319 g/mol. The Balaban J connectivity index is 1.47. The van der Waals surface area contributed by atoms with E-state index in [9.17, 15) is 4.79 Å². The van der Waals surface area contributed by atoms with E-state index in [4.69, 9.17) is 21.1 Å². The van der Waals surface area contributed by atoms with Crippen LogP contribution in [0.15, 0.2) is 45.6 Å². The summed E-state index contributed by atoms with van der Waals surface area (Å²) in [5.74, 6) is 1.15. The van der Waals surface area contributed by atoms with E-state index in [-0.39, 0.29) is 5.91 Å². The molecule has 0 saturated carbocycles. The number of thiocarbonyl (C=S) groups is 1. The van der Waals surface area contributed by atoms with E-state index in [1.165, 1.54) is 6.26 Å². The van der Waals surface area contributed by atoms with Gasteiger partial charge in [0.15, 0.2) is 10.9 Å². The molecule has 0 unspecified atom stereocenters. The Morgan fingerprint density at radius 1 is 1.09 bits per heavy atom. The van der Waals surface area contributed by atoms with Gasteiger partial charge in [-0.3, -0.25) is 4.79 Å². The number of hydrogen-bond donors (Lipinski definition) is 1. The van der Waals surface area contributed by atoms with Crippen molar-refractivity contribution in [2.45, 2.75) is 6.54 Å². The topological polar surface area (TPSA) is 61.9 Å². The van der Waals surface area contributed by atoms with Gasteiger partial charge < -0.3 is 24.0 Å². The normalized spacial score (nSPS) is 14.9. The Hall–Kier alpha value is -2.28. The maximum atomic E-state index is 12.2. The summed E-state index contributed by atoms with van der Waals surface area (Å²) in [5.41, 5.74) is 0. The van der Waals surface area contributed by atoms with Crippen molar-refractivity contribution in [2.24, 2.45) is 0 Å². The van der Waals surface area contributed by atoms with Crippen molar-refractivity contribution in [1.82, 2.24) is 15.1 Å². The van der Waals surface area contributed by atoms with Crippen LogP contribution in [0.4, 0.5) is 0 Å². The van der Waals surface area contributed by atoms with Crippen LogP contribution < -0.4 is 5.32 Å². The standard InChI is InChI=1S/C15H17N3O3S/c19-14(13-4-2-10-21-13)17-5-7-18(8-6-17)15(22)16-11-12-3-1-9-20-12/h1-4,9-10H,5-8,11H2,(H,16,22). The number of amides is 1. The minimum absolute atomic E-state index is 0.0703. The molecule has 0 spiro atoms. The van der Waals surface area contributed by atoms with Crippen LogP contribution in [-0.2, 0) is 6.54 Å². The molecular weight excluding hydrogens is 302 g/mol. The van der Waals surface area contributed by atoms with Gasteiger partial charge in [-0.2, -0.15) is 0 Å². The number of rotatable bonds is 3. The molecule has 3 rings (SSSR count). The predicted octanol–water partition coefficient (Wildman–Crippen LogP) is 1.71. The average Bonchev–Trinajstić information content (AvgIpc) is 3.25. The number of carbonyl (C=O) groups is 1. The molecule has 1 aliphatic heterocycles. The second kappa shape index (κ2) is 6.65. The zero-order valence-corrected chi connectivity index (χ0v) is 12.8. The quantitative estimate of drug-likeness (QED) is 0.869. The highest BCUT2D eigenvalue weighted by atomic mass is 32.1. The van der Waals surface area contributed by atoms with Gasteiger partial charge in [-0.05, 0) is 36.5 Å². The van der Waals surface area contributed by atoms with E-state index >= 15 is 0 Å². The molecule has 0 aliphatic carbocycles. The monoisotopic (exact) mass is 319 g/mol. The van der Waals surface area contributed by atoms with Gasteiger partial charge >= 0.3 is 0 Å². The van der Waals surface area contributed by atoms with Crippen molar-refractivity contribution in [3.63, 3.8) is 0 Å². The first-order valence-electron chi connectivity index (χ1n) is 7.12.